The molecule has 0 aliphatic carbocycles. The molecule has 24 heavy (non-hydrogen) atoms. The van der Waals surface area contributed by atoms with E-state index in [2.05, 4.69) is 23.5 Å². The minimum absolute atomic E-state index is 0.247. The highest BCUT2D eigenvalue weighted by molar-refractivity contribution is 5.76. The third-order valence-corrected chi connectivity index (χ3v) is 3.59. The molecule has 0 bridgehead atoms. The fraction of sp³-hybridized carbons (Fsp3) is 0.889. The highest BCUT2D eigenvalue weighted by Crippen LogP contribution is 2.06. The number of hydrogen-bond donors (Lipinski definition) is 0. The number of unbranched alkanes of at least 4 members (excludes halogenated alkanes) is 10. The van der Waals surface area contributed by atoms with Gasteiger partial charge in [-0.15, -0.1) is 0 Å². The molecule has 0 amide bonds. The van der Waals surface area contributed by atoms with Crippen molar-refractivity contribution in [1.29, 1.82) is 0 Å². The molecule has 0 aliphatic rings. The van der Waals surface area contributed by atoms with Gasteiger partial charge in [-0.25, -0.2) is 9.59 Å². The summed E-state index contributed by atoms with van der Waals surface area (Å²) in [5.74, 6) is 0. The molecule has 142 valence electrons. The van der Waals surface area contributed by atoms with Crippen LogP contribution in [0.3, 0.4) is 0 Å². The Morgan fingerprint density at radius 2 is 1.12 bits per heavy atom. The zero-order chi connectivity index (χ0) is 17.9. The molecule has 0 aromatic carbocycles. The maximum Gasteiger partial charge on any atom is 0.550 e. The number of hydrogen-bond acceptors (Lipinski definition) is 6. The molecule has 6 nitrogen and oxygen atoms in total. The van der Waals surface area contributed by atoms with E-state index in [4.69, 9.17) is 9.62 Å². The summed E-state index contributed by atoms with van der Waals surface area (Å²) in [6.45, 7) is 4.88. The third kappa shape index (κ3) is 17.1. The highest BCUT2D eigenvalue weighted by atomic mass is 17.2. The van der Waals surface area contributed by atoms with E-state index >= 15 is 0 Å². The van der Waals surface area contributed by atoms with Gasteiger partial charge in [0.05, 0.1) is 13.2 Å². The summed E-state index contributed by atoms with van der Waals surface area (Å²) in [5.41, 5.74) is 0. The molecule has 0 rings (SSSR count). The lowest BCUT2D eigenvalue weighted by molar-refractivity contribution is -0.252. The second-order valence-electron chi connectivity index (χ2n) is 5.89. The Bertz CT molecular complexity index is 306. The van der Waals surface area contributed by atoms with E-state index in [1.807, 2.05) is 0 Å². The van der Waals surface area contributed by atoms with Crippen LogP contribution < -0.4 is 0 Å². The monoisotopic (exact) mass is 346 g/mol. The van der Waals surface area contributed by atoms with Crippen molar-refractivity contribution in [2.24, 2.45) is 0 Å². The maximum absolute atomic E-state index is 11.2. The minimum atomic E-state index is -1.19. The van der Waals surface area contributed by atoms with Crippen LogP contribution in [0, 0.1) is 0 Å². The summed E-state index contributed by atoms with van der Waals surface area (Å²) >= 11 is 0. The lowest BCUT2D eigenvalue weighted by Crippen LogP contribution is -2.16. The Hall–Kier alpha value is -1.30. The summed E-state index contributed by atoms with van der Waals surface area (Å²) in [7, 11) is 0. The van der Waals surface area contributed by atoms with Gasteiger partial charge in [0.15, 0.2) is 0 Å². The Balaban J connectivity index is 3.35. The van der Waals surface area contributed by atoms with Crippen LogP contribution in [0.15, 0.2) is 0 Å². The Kier molecular flexibility index (Phi) is 17.1. The van der Waals surface area contributed by atoms with Crippen LogP contribution in [-0.2, 0) is 19.2 Å². The smallest absolute Gasteiger partial charge is 0.434 e. The van der Waals surface area contributed by atoms with E-state index in [-0.39, 0.29) is 6.61 Å². The fourth-order valence-corrected chi connectivity index (χ4v) is 2.18. The molecule has 6 heteroatoms. The molecular formula is C18H34O6. The molecule has 0 fully saturated rings. The highest BCUT2D eigenvalue weighted by Gasteiger charge is 2.13. The minimum Gasteiger partial charge on any atom is -0.434 e. The third-order valence-electron chi connectivity index (χ3n) is 3.59. The van der Waals surface area contributed by atoms with Gasteiger partial charge < -0.3 is 9.47 Å². The molecule has 0 unspecified atom stereocenters. The maximum atomic E-state index is 11.2. The van der Waals surface area contributed by atoms with Crippen molar-refractivity contribution in [3.05, 3.63) is 0 Å². The predicted molar refractivity (Wildman–Crippen MR) is 91.6 cm³/mol. The van der Waals surface area contributed by atoms with Gasteiger partial charge >= 0.3 is 12.3 Å². The van der Waals surface area contributed by atoms with Crippen molar-refractivity contribution in [3.63, 3.8) is 0 Å². The van der Waals surface area contributed by atoms with Crippen LogP contribution in [0.4, 0.5) is 9.59 Å². The van der Waals surface area contributed by atoms with E-state index in [1.54, 1.807) is 0 Å². The van der Waals surface area contributed by atoms with Crippen molar-refractivity contribution >= 4 is 12.3 Å². The van der Waals surface area contributed by atoms with E-state index in [0.717, 1.165) is 38.5 Å². The lowest BCUT2D eigenvalue weighted by Gasteiger charge is -2.05. The predicted octanol–water partition coefficient (Wildman–Crippen LogP) is 5.93. The first-order valence-corrected chi connectivity index (χ1v) is 9.38. The zero-order valence-electron chi connectivity index (χ0n) is 15.3. The van der Waals surface area contributed by atoms with Crippen LogP contribution in [-0.4, -0.2) is 25.5 Å². The number of carbonyl (C=O) groups excluding carboxylic acids is 2. The van der Waals surface area contributed by atoms with Gasteiger partial charge in [0.25, 0.3) is 0 Å². The Morgan fingerprint density at radius 3 is 1.71 bits per heavy atom. The summed E-state index contributed by atoms with van der Waals surface area (Å²) in [6.07, 6.45) is 10.9. The van der Waals surface area contributed by atoms with E-state index < -0.39 is 12.3 Å². The van der Waals surface area contributed by atoms with Gasteiger partial charge in [-0.2, -0.15) is 4.89 Å². The molecule has 0 N–H and O–H groups in total. The Morgan fingerprint density at radius 1 is 0.625 bits per heavy atom. The molecule has 0 spiro atoms. The zero-order valence-corrected chi connectivity index (χ0v) is 15.3. The fourth-order valence-electron chi connectivity index (χ4n) is 2.18. The van der Waals surface area contributed by atoms with Gasteiger partial charge in [0.1, 0.15) is 0 Å². The molecule has 0 radical (unpaired) electrons. The summed E-state index contributed by atoms with van der Waals surface area (Å²) in [6, 6.07) is 0. The number of rotatable bonds is 15. The van der Waals surface area contributed by atoms with Crippen molar-refractivity contribution in [3.8, 4) is 0 Å². The summed E-state index contributed by atoms with van der Waals surface area (Å²) in [4.78, 5) is 31.4. The van der Waals surface area contributed by atoms with Crippen molar-refractivity contribution in [2.75, 3.05) is 13.2 Å². The first-order chi connectivity index (χ1) is 11.7. The molecular weight excluding hydrogens is 312 g/mol. The summed E-state index contributed by atoms with van der Waals surface area (Å²) < 4.78 is 9.09. The first kappa shape index (κ1) is 22.7. The molecule has 0 heterocycles. The number of carbonyl (C=O) groups is 2. The van der Waals surface area contributed by atoms with Crippen molar-refractivity contribution in [2.45, 2.75) is 90.9 Å². The molecule has 0 atom stereocenters. The standard InChI is InChI=1S/C18H34O6/c1-3-5-7-9-11-13-15-21-17(19)23-18(20)24-22-16-14-12-10-8-6-4-2/h3-16H2,1-2H3. The molecule has 0 aromatic heterocycles. The SMILES string of the molecule is CCCCCCCCOOC(=O)OC(=O)OCCCCCCCC. The molecule has 0 saturated carbocycles. The largest absolute Gasteiger partial charge is 0.550 e. The number of ether oxygens (including phenoxy) is 2. The van der Waals surface area contributed by atoms with Gasteiger partial charge in [0, 0.05) is 0 Å². The first-order valence-electron chi connectivity index (χ1n) is 9.38. The van der Waals surface area contributed by atoms with Crippen molar-refractivity contribution in [1.82, 2.24) is 0 Å². The van der Waals surface area contributed by atoms with Crippen LogP contribution in [0.25, 0.3) is 0 Å². The second kappa shape index (κ2) is 18.0. The van der Waals surface area contributed by atoms with E-state index in [1.165, 1.54) is 38.5 Å². The van der Waals surface area contributed by atoms with Gasteiger partial charge in [-0.1, -0.05) is 78.1 Å². The molecule has 0 aliphatic heterocycles. The van der Waals surface area contributed by atoms with Crippen molar-refractivity contribution < 1.29 is 28.8 Å². The lowest BCUT2D eigenvalue weighted by atomic mass is 10.1. The Labute approximate surface area is 146 Å². The average Bonchev–Trinajstić information content (AvgIpc) is 2.56. The van der Waals surface area contributed by atoms with Crippen LogP contribution in [0.1, 0.15) is 90.9 Å². The van der Waals surface area contributed by atoms with Crippen LogP contribution >= 0.6 is 0 Å². The molecule has 0 aromatic rings. The quantitative estimate of drug-likeness (QED) is 0.120. The van der Waals surface area contributed by atoms with E-state index in [0.29, 0.717) is 6.61 Å². The van der Waals surface area contributed by atoms with E-state index in [9.17, 15) is 9.59 Å². The van der Waals surface area contributed by atoms with Gasteiger partial charge in [-0.3, -0.25) is 4.89 Å². The summed E-state index contributed by atoms with van der Waals surface area (Å²) in [5, 5.41) is 0. The topological polar surface area (TPSA) is 71.1 Å². The second-order valence-corrected chi connectivity index (χ2v) is 5.89. The van der Waals surface area contributed by atoms with Crippen LogP contribution in [0.2, 0.25) is 0 Å². The molecule has 0 saturated heterocycles. The van der Waals surface area contributed by atoms with Gasteiger partial charge in [-0.05, 0) is 12.8 Å². The average molecular weight is 346 g/mol. The van der Waals surface area contributed by atoms with Crippen LogP contribution in [0.5, 0.6) is 0 Å². The normalized spacial score (nSPS) is 10.4. The van der Waals surface area contributed by atoms with Gasteiger partial charge in [0.2, 0.25) is 0 Å².